The zero-order valence-corrected chi connectivity index (χ0v) is 12.4. The van der Waals surface area contributed by atoms with E-state index in [4.69, 9.17) is 16.3 Å². The van der Waals surface area contributed by atoms with Gasteiger partial charge in [-0.15, -0.1) is 0 Å². The van der Waals surface area contributed by atoms with Crippen LogP contribution < -0.4 is 0 Å². The molecule has 1 aromatic rings. The van der Waals surface area contributed by atoms with E-state index < -0.39 is 0 Å². The number of aromatic nitrogens is 2. The molecule has 0 saturated carbocycles. The Morgan fingerprint density at radius 1 is 1.58 bits per heavy atom. The summed E-state index contributed by atoms with van der Waals surface area (Å²) < 4.78 is 6.65. The molecule has 1 aliphatic rings. The van der Waals surface area contributed by atoms with Gasteiger partial charge in [0.1, 0.15) is 0 Å². The molecule has 1 aliphatic heterocycles. The minimum absolute atomic E-state index is 0.0214. The SMILES string of the molecule is COC(=O)C1CCCN(Cc2c(Cl)c(C)nn2C)C1. The maximum atomic E-state index is 11.6. The standard InChI is InChI=1S/C13H20ClN3O2/c1-9-12(14)11(16(2)15-9)8-17-6-4-5-10(7-17)13(18)19-3/h10H,4-8H2,1-3H3. The Kier molecular flexibility index (Phi) is 4.47. The molecular weight excluding hydrogens is 266 g/mol. The summed E-state index contributed by atoms with van der Waals surface area (Å²) in [6, 6.07) is 0. The van der Waals surface area contributed by atoms with Gasteiger partial charge >= 0.3 is 5.97 Å². The number of likely N-dealkylation sites (tertiary alicyclic amines) is 1. The second-order valence-electron chi connectivity index (χ2n) is 5.07. The topological polar surface area (TPSA) is 47.4 Å². The van der Waals surface area contributed by atoms with Crippen molar-refractivity contribution in [2.45, 2.75) is 26.3 Å². The van der Waals surface area contributed by atoms with Gasteiger partial charge in [-0.2, -0.15) is 5.10 Å². The van der Waals surface area contributed by atoms with Crippen LogP contribution in [0.2, 0.25) is 5.02 Å². The van der Waals surface area contributed by atoms with Crippen molar-refractivity contribution in [1.82, 2.24) is 14.7 Å². The quantitative estimate of drug-likeness (QED) is 0.794. The highest BCUT2D eigenvalue weighted by molar-refractivity contribution is 6.31. The summed E-state index contributed by atoms with van der Waals surface area (Å²) in [5.74, 6) is -0.135. The van der Waals surface area contributed by atoms with Crippen molar-refractivity contribution >= 4 is 17.6 Å². The van der Waals surface area contributed by atoms with Crippen molar-refractivity contribution in [2.75, 3.05) is 20.2 Å². The van der Waals surface area contributed by atoms with E-state index in [1.165, 1.54) is 7.11 Å². The lowest BCUT2D eigenvalue weighted by Gasteiger charge is -2.31. The van der Waals surface area contributed by atoms with E-state index >= 15 is 0 Å². The number of halogens is 1. The lowest BCUT2D eigenvalue weighted by molar-refractivity contribution is -0.147. The van der Waals surface area contributed by atoms with Crippen molar-refractivity contribution in [2.24, 2.45) is 13.0 Å². The average Bonchev–Trinajstić information content (AvgIpc) is 2.65. The van der Waals surface area contributed by atoms with Gasteiger partial charge in [-0.25, -0.2) is 0 Å². The van der Waals surface area contributed by atoms with Gasteiger partial charge in [0, 0.05) is 20.1 Å². The summed E-state index contributed by atoms with van der Waals surface area (Å²) in [4.78, 5) is 13.9. The van der Waals surface area contributed by atoms with Crippen molar-refractivity contribution in [3.8, 4) is 0 Å². The molecule has 5 nitrogen and oxygen atoms in total. The Morgan fingerprint density at radius 3 is 2.89 bits per heavy atom. The van der Waals surface area contributed by atoms with Crippen LogP contribution in [0, 0.1) is 12.8 Å². The van der Waals surface area contributed by atoms with Crippen LogP contribution in [0.15, 0.2) is 0 Å². The first-order chi connectivity index (χ1) is 9.02. The predicted octanol–water partition coefficient (Wildman–Crippen LogP) is 1.77. The second-order valence-corrected chi connectivity index (χ2v) is 5.45. The molecule has 106 valence electrons. The molecular formula is C13H20ClN3O2. The van der Waals surface area contributed by atoms with Gasteiger partial charge in [0.05, 0.1) is 29.4 Å². The number of aryl methyl sites for hydroxylation is 2. The highest BCUT2D eigenvalue weighted by atomic mass is 35.5. The number of piperidine rings is 1. The molecule has 2 rings (SSSR count). The number of esters is 1. The predicted molar refractivity (Wildman–Crippen MR) is 73.0 cm³/mol. The molecule has 0 aromatic carbocycles. The largest absolute Gasteiger partial charge is 0.469 e. The van der Waals surface area contributed by atoms with Gasteiger partial charge < -0.3 is 4.74 Å². The van der Waals surface area contributed by atoms with Gasteiger partial charge in [0.2, 0.25) is 0 Å². The number of nitrogens with zero attached hydrogens (tertiary/aromatic N) is 3. The van der Waals surface area contributed by atoms with Crippen LogP contribution in [-0.4, -0.2) is 40.8 Å². The molecule has 0 N–H and O–H groups in total. The minimum Gasteiger partial charge on any atom is -0.469 e. The molecule has 0 radical (unpaired) electrons. The fourth-order valence-electron chi connectivity index (χ4n) is 2.62. The van der Waals surface area contributed by atoms with Crippen LogP contribution in [0.25, 0.3) is 0 Å². The molecule has 0 aliphatic carbocycles. The number of hydrogen-bond acceptors (Lipinski definition) is 4. The monoisotopic (exact) mass is 285 g/mol. The highest BCUT2D eigenvalue weighted by Gasteiger charge is 2.27. The Morgan fingerprint density at radius 2 is 2.32 bits per heavy atom. The summed E-state index contributed by atoms with van der Waals surface area (Å²) in [5.41, 5.74) is 1.85. The Bertz CT molecular complexity index is 473. The lowest BCUT2D eigenvalue weighted by atomic mass is 9.98. The molecule has 0 amide bonds. The number of hydrogen-bond donors (Lipinski definition) is 0. The van der Waals surface area contributed by atoms with Crippen LogP contribution >= 0.6 is 11.6 Å². The first kappa shape index (κ1) is 14.3. The van der Waals surface area contributed by atoms with Crippen LogP contribution in [0.5, 0.6) is 0 Å². The van der Waals surface area contributed by atoms with Crippen LogP contribution in [0.4, 0.5) is 0 Å². The third kappa shape index (κ3) is 3.09. The molecule has 1 fully saturated rings. The Hall–Kier alpha value is -1.07. The number of ether oxygens (including phenoxy) is 1. The fourth-order valence-corrected chi connectivity index (χ4v) is 2.84. The van der Waals surface area contributed by atoms with E-state index in [2.05, 4.69) is 10.00 Å². The average molecular weight is 286 g/mol. The summed E-state index contributed by atoms with van der Waals surface area (Å²) in [6.07, 6.45) is 1.91. The maximum Gasteiger partial charge on any atom is 0.309 e. The molecule has 1 aromatic heterocycles. The second kappa shape index (κ2) is 5.92. The third-order valence-corrected chi connectivity index (χ3v) is 4.17. The smallest absolute Gasteiger partial charge is 0.309 e. The van der Waals surface area contributed by atoms with Crippen molar-refractivity contribution in [3.05, 3.63) is 16.4 Å². The Labute approximate surface area is 118 Å². The van der Waals surface area contributed by atoms with Gasteiger partial charge in [-0.3, -0.25) is 14.4 Å². The van der Waals surface area contributed by atoms with Crippen LogP contribution in [0.1, 0.15) is 24.2 Å². The molecule has 0 bridgehead atoms. The zero-order chi connectivity index (χ0) is 14.0. The van der Waals surface area contributed by atoms with E-state index in [9.17, 15) is 4.79 Å². The summed E-state index contributed by atoms with van der Waals surface area (Å²) in [7, 11) is 3.35. The van der Waals surface area contributed by atoms with E-state index in [1.54, 1.807) is 0 Å². The zero-order valence-electron chi connectivity index (χ0n) is 11.6. The molecule has 1 unspecified atom stereocenters. The molecule has 2 heterocycles. The van der Waals surface area contributed by atoms with E-state index in [1.807, 2.05) is 18.7 Å². The van der Waals surface area contributed by atoms with E-state index in [-0.39, 0.29) is 11.9 Å². The van der Waals surface area contributed by atoms with E-state index in [0.29, 0.717) is 0 Å². The first-order valence-electron chi connectivity index (χ1n) is 6.51. The molecule has 0 spiro atoms. The number of carbonyl (C=O) groups is 1. The van der Waals surface area contributed by atoms with Gasteiger partial charge in [-0.05, 0) is 26.3 Å². The van der Waals surface area contributed by atoms with Crippen LogP contribution in [-0.2, 0) is 23.1 Å². The normalized spacial score (nSPS) is 20.5. The summed E-state index contributed by atoms with van der Waals surface area (Å²) in [6.45, 7) is 4.34. The van der Waals surface area contributed by atoms with E-state index in [0.717, 1.165) is 48.9 Å². The number of carbonyl (C=O) groups excluding carboxylic acids is 1. The third-order valence-electron chi connectivity index (χ3n) is 3.68. The highest BCUT2D eigenvalue weighted by Crippen LogP contribution is 2.24. The summed E-state index contributed by atoms with van der Waals surface area (Å²) in [5, 5.41) is 5.04. The summed E-state index contributed by atoms with van der Waals surface area (Å²) >= 11 is 6.26. The first-order valence-corrected chi connectivity index (χ1v) is 6.89. The Balaban J connectivity index is 2.04. The molecule has 6 heteroatoms. The van der Waals surface area contributed by atoms with Crippen molar-refractivity contribution < 1.29 is 9.53 Å². The van der Waals surface area contributed by atoms with Crippen molar-refractivity contribution in [1.29, 1.82) is 0 Å². The lowest BCUT2D eigenvalue weighted by Crippen LogP contribution is -2.39. The van der Waals surface area contributed by atoms with Gasteiger partial charge in [0.15, 0.2) is 0 Å². The fraction of sp³-hybridized carbons (Fsp3) is 0.692. The number of rotatable bonds is 3. The van der Waals surface area contributed by atoms with Crippen molar-refractivity contribution in [3.63, 3.8) is 0 Å². The minimum atomic E-state index is -0.114. The molecule has 19 heavy (non-hydrogen) atoms. The van der Waals surface area contributed by atoms with Gasteiger partial charge in [-0.1, -0.05) is 11.6 Å². The molecule has 1 saturated heterocycles. The molecule has 1 atom stereocenters. The number of methoxy groups -OCH3 is 1. The van der Waals surface area contributed by atoms with Crippen LogP contribution in [0.3, 0.4) is 0 Å². The maximum absolute atomic E-state index is 11.6. The van der Waals surface area contributed by atoms with Gasteiger partial charge in [0.25, 0.3) is 0 Å².